The molecule has 2 aromatic heterocycles. The largest absolute Gasteiger partial charge is 0.357 e. The first kappa shape index (κ1) is 20.4. The average Bonchev–Trinajstić information content (AvgIpc) is 3.11. The van der Waals surface area contributed by atoms with Crippen LogP contribution in [0.15, 0.2) is 42.0 Å². The molecule has 24 heavy (non-hydrogen) atoms. The van der Waals surface area contributed by atoms with Crippen LogP contribution < -0.4 is 10.6 Å². The van der Waals surface area contributed by atoms with Gasteiger partial charge < -0.3 is 10.6 Å². The highest BCUT2D eigenvalue weighted by molar-refractivity contribution is 14.0. The molecule has 0 aliphatic rings. The van der Waals surface area contributed by atoms with E-state index in [1.54, 1.807) is 12.5 Å². The lowest BCUT2D eigenvalue weighted by atomic mass is 10.2. The van der Waals surface area contributed by atoms with Gasteiger partial charge in [-0.25, -0.2) is 15.0 Å². The first-order valence-electron chi connectivity index (χ1n) is 8.29. The molecule has 2 heterocycles. The first-order chi connectivity index (χ1) is 11.3. The van der Waals surface area contributed by atoms with Gasteiger partial charge in [-0.1, -0.05) is 19.8 Å². The zero-order valence-electron chi connectivity index (χ0n) is 14.4. The highest BCUT2D eigenvalue weighted by atomic mass is 127. The van der Waals surface area contributed by atoms with Crippen LogP contribution in [0.1, 0.15) is 38.7 Å². The maximum absolute atomic E-state index is 4.65. The summed E-state index contributed by atoms with van der Waals surface area (Å²) in [7, 11) is 0. The molecule has 0 aliphatic heterocycles. The lowest BCUT2D eigenvalue weighted by Gasteiger charge is -2.11. The van der Waals surface area contributed by atoms with Crippen LogP contribution in [-0.4, -0.2) is 33.6 Å². The summed E-state index contributed by atoms with van der Waals surface area (Å²) >= 11 is 0. The molecular weight excluding hydrogens is 415 g/mol. The van der Waals surface area contributed by atoms with Crippen LogP contribution in [0.2, 0.25) is 0 Å². The molecule has 0 fully saturated rings. The van der Waals surface area contributed by atoms with Crippen molar-refractivity contribution in [2.24, 2.45) is 4.99 Å². The summed E-state index contributed by atoms with van der Waals surface area (Å²) in [4.78, 5) is 13.1. The number of pyridine rings is 1. The Morgan fingerprint density at radius 3 is 2.79 bits per heavy atom. The Morgan fingerprint density at radius 1 is 1.21 bits per heavy atom. The summed E-state index contributed by atoms with van der Waals surface area (Å²) in [6.07, 6.45) is 10.8. The molecule has 0 spiro atoms. The molecule has 0 unspecified atom stereocenters. The van der Waals surface area contributed by atoms with E-state index in [2.05, 4.69) is 39.4 Å². The van der Waals surface area contributed by atoms with Gasteiger partial charge in [0.05, 0.1) is 6.54 Å². The standard InChI is InChI=1S/C17H26N6.HI/c1-3-5-6-8-21-17(19-4-2)22-13-15-7-9-20-16(12-15)23-11-10-18-14-23;/h7,9-12,14H,3-6,8,13H2,1-2H3,(H2,19,21,22);1H. The van der Waals surface area contributed by atoms with E-state index in [0.29, 0.717) is 6.54 Å². The molecule has 0 radical (unpaired) electrons. The third-order valence-electron chi connectivity index (χ3n) is 3.42. The van der Waals surface area contributed by atoms with Crippen LogP contribution in [-0.2, 0) is 6.54 Å². The maximum Gasteiger partial charge on any atom is 0.191 e. The number of imidazole rings is 1. The average molecular weight is 442 g/mol. The van der Waals surface area contributed by atoms with E-state index >= 15 is 0 Å². The molecule has 132 valence electrons. The number of unbranched alkanes of at least 4 members (excludes halogenated alkanes) is 2. The number of aromatic nitrogens is 3. The van der Waals surface area contributed by atoms with Gasteiger partial charge in [0, 0.05) is 31.7 Å². The maximum atomic E-state index is 4.65. The minimum atomic E-state index is 0. The summed E-state index contributed by atoms with van der Waals surface area (Å²) in [6, 6.07) is 4.02. The lowest BCUT2D eigenvalue weighted by Crippen LogP contribution is -2.37. The second kappa shape index (κ2) is 11.8. The van der Waals surface area contributed by atoms with E-state index in [9.17, 15) is 0 Å². The van der Waals surface area contributed by atoms with Crippen LogP contribution in [0.5, 0.6) is 0 Å². The Kier molecular flexibility index (Phi) is 10.1. The Labute approximate surface area is 161 Å². The predicted octanol–water partition coefficient (Wildman–Crippen LogP) is 3.13. The Hall–Kier alpha value is -1.64. The number of nitrogens with one attached hydrogen (secondary N) is 2. The molecule has 2 aromatic rings. The lowest BCUT2D eigenvalue weighted by molar-refractivity contribution is 0.683. The number of aliphatic imine (C=N–C) groups is 1. The van der Waals surface area contributed by atoms with Crippen molar-refractivity contribution in [3.8, 4) is 5.82 Å². The van der Waals surface area contributed by atoms with Crippen molar-refractivity contribution in [3.05, 3.63) is 42.6 Å². The minimum absolute atomic E-state index is 0. The minimum Gasteiger partial charge on any atom is -0.357 e. The third-order valence-corrected chi connectivity index (χ3v) is 3.42. The fourth-order valence-corrected chi connectivity index (χ4v) is 2.19. The number of guanidine groups is 1. The highest BCUT2D eigenvalue weighted by Gasteiger charge is 2.01. The number of halogens is 1. The molecule has 0 amide bonds. The number of hydrogen-bond acceptors (Lipinski definition) is 3. The van der Waals surface area contributed by atoms with E-state index in [4.69, 9.17) is 0 Å². The van der Waals surface area contributed by atoms with Crippen LogP contribution in [0.25, 0.3) is 5.82 Å². The third kappa shape index (κ3) is 6.86. The van der Waals surface area contributed by atoms with Crippen molar-refractivity contribution >= 4 is 29.9 Å². The Morgan fingerprint density at radius 2 is 2.08 bits per heavy atom. The van der Waals surface area contributed by atoms with Gasteiger partial charge in [-0.15, -0.1) is 24.0 Å². The van der Waals surface area contributed by atoms with Gasteiger partial charge in [-0.05, 0) is 31.0 Å². The molecule has 0 saturated carbocycles. The van der Waals surface area contributed by atoms with Crippen molar-refractivity contribution in [1.82, 2.24) is 25.2 Å². The van der Waals surface area contributed by atoms with Crippen LogP contribution >= 0.6 is 24.0 Å². The summed E-state index contributed by atoms with van der Waals surface area (Å²) in [5.41, 5.74) is 1.12. The Bertz CT molecular complexity index is 597. The summed E-state index contributed by atoms with van der Waals surface area (Å²) in [5, 5.41) is 6.66. The summed E-state index contributed by atoms with van der Waals surface area (Å²) in [6.45, 7) is 6.72. The SMILES string of the molecule is CCCCCNC(=NCc1ccnc(-n2ccnc2)c1)NCC.I. The molecule has 7 heteroatoms. The molecule has 0 bridgehead atoms. The van der Waals surface area contributed by atoms with Crippen LogP contribution in [0.4, 0.5) is 0 Å². The number of hydrogen-bond donors (Lipinski definition) is 2. The van der Waals surface area contributed by atoms with Gasteiger partial charge >= 0.3 is 0 Å². The van der Waals surface area contributed by atoms with Gasteiger partial charge in [0.15, 0.2) is 5.96 Å². The van der Waals surface area contributed by atoms with Crippen molar-refractivity contribution < 1.29 is 0 Å². The van der Waals surface area contributed by atoms with Crippen molar-refractivity contribution in [3.63, 3.8) is 0 Å². The van der Waals surface area contributed by atoms with Crippen molar-refractivity contribution in [2.75, 3.05) is 13.1 Å². The molecule has 0 atom stereocenters. The van der Waals surface area contributed by atoms with Gasteiger partial charge in [0.2, 0.25) is 0 Å². The molecule has 0 aliphatic carbocycles. The van der Waals surface area contributed by atoms with Crippen LogP contribution in [0, 0.1) is 0 Å². The van der Waals surface area contributed by atoms with Crippen molar-refractivity contribution in [2.45, 2.75) is 39.7 Å². The predicted molar refractivity (Wildman–Crippen MR) is 109 cm³/mol. The fraction of sp³-hybridized carbons (Fsp3) is 0.471. The Balaban J connectivity index is 0.00000288. The highest BCUT2D eigenvalue weighted by Crippen LogP contribution is 2.07. The summed E-state index contributed by atoms with van der Waals surface area (Å²) < 4.78 is 1.89. The van der Waals surface area contributed by atoms with Gasteiger partial charge in [0.1, 0.15) is 12.1 Å². The van der Waals surface area contributed by atoms with E-state index < -0.39 is 0 Å². The molecule has 0 aromatic carbocycles. The molecule has 2 rings (SSSR count). The van der Waals surface area contributed by atoms with Gasteiger partial charge in [-0.3, -0.25) is 4.57 Å². The van der Waals surface area contributed by atoms with Crippen LogP contribution in [0.3, 0.4) is 0 Å². The van der Waals surface area contributed by atoms with E-state index in [-0.39, 0.29) is 24.0 Å². The first-order valence-corrected chi connectivity index (χ1v) is 8.29. The van der Waals surface area contributed by atoms with E-state index in [1.165, 1.54) is 19.3 Å². The zero-order chi connectivity index (χ0) is 16.3. The smallest absolute Gasteiger partial charge is 0.191 e. The van der Waals surface area contributed by atoms with Gasteiger partial charge in [-0.2, -0.15) is 0 Å². The number of rotatable bonds is 8. The quantitative estimate of drug-likeness (QED) is 0.285. The zero-order valence-corrected chi connectivity index (χ0v) is 16.7. The molecule has 6 nitrogen and oxygen atoms in total. The van der Waals surface area contributed by atoms with Crippen molar-refractivity contribution in [1.29, 1.82) is 0 Å². The molecule has 0 saturated heterocycles. The van der Waals surface area contributed by atoms with Gasteiger partial charge in [0.25, 0.3) is 0 Å². The fourth-order valence-electron chi connectivity index (χ4n) is 2.19. The molecule has 2 N–H and O–H groups in total. The van der Waals surface area contributed by atoms with E-state index in [0.717, 1.165) is 30.4 Å². The second-order valence-electron chi connectivity index (χ2n) is 5.32. The second-order valence-corrected chi connectivity index (χ2v) is 5.32. The topological polar surface area (TPSA) is 67.1 Å². The molecular formula is C17H27IN6. The summed E-state index contributed by atoms with van der Waals surface area (Å²) in [5.74, 6) is 1.72. The number of nitrogens with zero attached hydrogens (tertiary/aromatic N) is 4. The monoisotopic (exact) mass is 442 g/mol. The van der Waals surface area contributed by atoms with E-state index in [1.807, 2.05) is 29.1 Å². The normalized spacial score (nSPS) is 11.0.